The second-order valence-electron chi connectivity index (χ2n) is 4.63. The third kappa shape index (κ3) is 6.10. The summed E-state index contributed by atoms with van der Waals surface area (Å²) in [5, 5.41) is 11.5. The summed E-state index contributed by atoms with van der Waals surface area (Å²) in [7, 11) is 0. The van der Waals surface area contributed by atoms with Gasteiger partial charge >= 0.3 is 5.97 Å². The molecular formula is C11H21NO3. The fourth-order valence-electron chi connectivity index (χ4n) is 1.35. The molecule has 0 aromatic carbocycles. The maximum Gasteiger partial charge on any atom is 0.305 e. The minimum Gasteiger partial charge on any atom is -0.481 e. The van der Waals surface area contributed by atoms with Crippen LogP contribution in [0.5, 0.6) is 0 Å². The van der Waals surface area contributed by atoms with Crippen molar-refractivity contribution in [2.75, 3.05) is 0 Å². The topological polar surface area (TPSA) is 66.4 Å². The maximum atomic E-state index is 11.5. The Bertz CT molecular complexity index is 238. The van der Waals surface area contributed by atoms with Crippen LogP contribution in [-0.2, 0) is 9.59 Å². The first-order valence-electron chi connectivity index (χ1n) is 5.32. The largest absolute Gasteiger partial charge is 0.481 e. The van der Waals surface area contributed by atoms with E-state index in [1.165, 1.54) is 0 Å². The van der Waals surface area contributed by atoms with Gasteiger partial charge in [-0.25, -0.2) is 0 Å². The molecule has 0 aromatic heterocycles. The van der Waals surface area contributed by atoms with Crippen molar-refractivity contribution in [3.63, 3.8) is 0 Å². The van der Waals surface area contributed by atoms with Crippen molar-refractivity contribution in [1.82, 2.24) is 5.32 Å². The van der Waals surface area contributed by atoms with Crippen molar-refractivity contribution in [2.24, 2.45) is 5.92 Å². The fourth-order valence-corrected chi connectivity index (χ4v) is 1.35. The number of aliphatic carboxylic acids is 1. The standard InChI is InChI=1S/C11H21NO3/c1-5-11(4,7-10(14)15)12-9(13)6-8(2)3/h8H,5-7H2,1-4H3,(H,12,13)(H,14,15)/t11-/m1/s1. The molecule has 0 radical (unpaired) electrons. The smallest absolute Gasteiger partial charge is 0.305 e. The van der Waals surface area contributed by atoms with Crippen molar-refractivity contribution in [1.29, 1.82) is 0 Å². The van der Waals surface area contributed by atoms with Crippen molar-refractivity contribution >= 4 is 11.9 Å². The lowest BCUT2D eigenvalue weighted by Gasteiger charge is -2.28. The van der Waals surface area contributed by atoms with Crippen LogP contribution in [0.25, 0.3) is 0 Å². The van der Waals surface area contributed by atoms with Gasteiger partial charge in [-0.1, -0.05) is 20.8 Å². The number of carbonyl (C=O) groups excluding carboxylic acids is 1. The number of carboxylic acids is 1. The van der Waals surface area contributed by atoms with Crippen LogP contribution in [0.15, 0.2) is 0 Å². The van der Waals surface area contributed by atoms with E-state index in [0.717, 1.165) is 0 Å². The first kappa shape index (κ1) is 13.9. The minimum absolute atomic E-state index is 0.0344. The van der Waals surface area contributed by atoms with Crippen molar-refractivity contribution in [2.45, 2.75) is 52.5 Å². The molecule has 2 N–H and O–H groups in total. The molecule has 88 valence electrons. The van der Waals surface area contributed by atoms with E-state index in [1.54, 1.807) is 6.92 Å². The maximum absolute atomic E-state index is 11.5. The highest BCUT2D eigenvalue weighted by molar-refractivity contribution is 5.78. The van der Waals surface area contributed by atoms with Crippen molar-refractivity contribution in [3.05, 3.63) is 0 Å². The van der Waals surface area contributed by atoms with Crippen LogP contribution in [0.4, 0.5) is 0 Å². The monoisotopic (exact) mass is 215 g/mol. The summed E-state index contributed by atoms with van der Waals surface area (Å²) in [6.07, 6.45) is 1.02. The molecule has 0 heterocycles. The van der Waals surface area contributed by atoms with Crippen LogP contribution < -0.4 is 5.32 Å². The highest BCUT2D eigenvalue weighted by atomic mass is 16.4. The molecule has 0 rings (SSSR count). The molecule has 4 nitrogen and oxygen atoms in total. The molecular weight excluding hydrogens is 194 g/mol. The second kappa shape index (κ2) is 5.73. The van der Waals surface area contributed by atoms with Crippen LogP contribution in [0.1, 0.15) is 47.0 Å². The molecule has 0 aliphatic rings. The Kier molecular flexibility index (Phi) is 5.33. The highest BCUT2D eigenvalue weighted by Gasteiger charge is 2.27. The van der Waals surface area contributed by atoms with E-state index in [2.05, 4.69) is 5.32 Å². The highest BCUT2D eigenvalue weighted by Crippen LogP contribution is 2.15. The number of amides is 1. The number of nitrogens with one attached hydrogen (secondary N) is 1. The number of hydrogen-bond donors (Lipinski definition) is 2. The van der Waals surface area contributed by atoms with E-state index < -0.39 is 11.5 Å². The Morgan fingerprint density at radius 3 is 2.27 bits per heavy atom. The normalized spacial score (nSPS) is 14.7. The lowest BCUT2D eigenvalue weighted by atomic mass is 9.94. The van der Waals surface area contributed by atoms with Gasteiger partial charge in [-0.15, -0.1) is 0 Å². The molecule has 0 unspecified atom stereocenters. The first-order chi connectivity index (χ1) is 6.79. The molecule has 0 saturated carbocycles. The van der Waals surface area contributed by atoms with Crippen molar-refractivity contribution < 1.29 is 14.7 Å². The summed E-state index contributed by atoms with van der Waals surface area (Å²) in [5.74, 6) is -0.671. The lowest BCUT2D eigenvalue weighted by molar-refractivity contribution is -0.139. The quantitative estimate of drug-likeness (QED) is 0.710. The van der Waals surface area contributed by atoms with Crippen LogP contribution >= 0.6 is 0 Å². The summed E-state index contributed by atoms with van der Waals surface area (Å²) < 4.78 is 0. The van der Waals surface area contributed by atoms with Crippen LogP contribution in [0.2, 0.25) is 0 Å². The van der Waals surface area contributed by atoms with Gasteiger partial charge in [-0.3, -0.25) is 9.59 Å². The molecule has 1 amide bonds. The SMILES string of the molecule is CC[C@](C)(CC(=O)O)NC(=O)CC(C)C. The molecule has 0 fully saturated rings. The number of carbonyl (C=O) groups is 2. The van der Waals surface area contributed by atoms with E-state index in [-0.39, 0.29) is 18.2 Å². The molecule has 0 aliphatic carbocycles. The zero-order valence-corrected chi connectivity index (χ0v) is 9.96. The Labute approximate surface area is 91.1 Å². The van der Waals surface area contributed by atoms with Gasteiger partial charge in [0.2, 0.25) is 5.91 Å². The predicted octanol–water partition coefficient (Wildman–Crippen LogP) is 1.79. The van der Waals surface area contributed by atoms with Gasteiger partial charge in [0.1, 0.15) is 0 Å². The van der Waals surface area contributed by atoms with Crippen molar-refractivity contribution in [3.8, 4) is 0 Å². The molecule has 4 heteroatoms. The minimum atomic E-state index is -0.885. The molecule has 0 aromatic rings. The van der Waals surface area contributed by atoms with Crippen LogP contribution in [0, 0.1) is 5.92 Å². The molecule has 0 saturated heterocycles. The van der Waals surface area contributed by atoms with Gasteiger partial charge in [0.25, 0.3) is 0 Å². The molecule has 0 aliphatic heterocycles. The van der Waals surface area contributed by atoms with Gasteiger partial charge < -0.3 is 10.4 Å². The van der Waals surface area contributed by atoms with E-state index in [4.69, 9.17) is 5.11 Å². The third-order valence-corrected chi connectivity index (χ3v) is 2.36. The summed E-state index contributed by atoms with van der Waals surface area (Å²) in [4.78, 5) is 22.1. The Morgan fingerprint density at radius 1 is 1.40 bits per heavy atom. The van der Waals surface area contributed by atoms with E-state index in [9.17, 15) is 9.59 Å². The van der Waals surface area contributed by atoms with Crippen LogP contribution in [-0.4, -0.2) is 22.5 Å². The Morgan fingerprint density at radius 2 is 1.93 bits per heavy atom. The second-order valence-corrected chi connectivity index (χ2v) is 4.63. The Balaban J connectivity index is 4.30. The third-order valence-electron chi connectivity index (χ3n) is 2.36. The number of rotatable bonds is 6. The van der Waals surface area contributed by atoms with Gasteiger partial charge in [-0.2, -0.15) is 0 Å². The zero-order valence-electron chi connectivity index (χ0n) is 9.96. The average Bonchev–Trinajstić information content (AvgIpc) is 2.00. The van der Waals surface area contributed by atoms with Crippen LogP contribution in [0.3, 0.4) is 0 Å². The van der Waals surface area contributed by atoms with Gasteiger partial charge in [0.15, 0.2) is 0 Å². The predicted molar refractivity (Wildman–Crippen MR) is 58.5 cm³/mol. The van der Waals surface area contributed by atoms with E-state index >= 15 is 0 Å². The fraction of sp³-hybridized carbons (Fsp3) is 0.818. The summed E-state index contributed by atoms with van der Waals surface area (Å²) >= 11 is 0. The zero-order chi connectivity index (χ0) is 12.1. The summed E-state index contributed by atoms with van der Waals surface area (Å²) in [6.45, 7) is 7.55. The summed E-state index contributed by atoms with van der Waals surface area (Å²) in [5.41, 5.74) is -0.627. The van der Waals surface area contributed by atoms with E-state index in [1.807, 2.05) is 20.8 Å². The van der Waals surface area contributed by atoms with Gasteiger partial charge in [0.05, 0.1) is 6.42 Å². The Hall–Kier alpha value is -1.06. The number of hydrogen-bond acceptors (Lipinski definition) is 2. The molecule has 0 spiro atoms. The van der Waals surface area contributed by atoms with E-state index in [0.29, 0.717) is 12.8 Å². The lowest BCUT2D eigenvalue weighted by Crippen LogP contribution is -2.47. The molecule has 0 bridgehead atoms. The number of carboxylic acid groups (broad SMARTS) is 1. The van der Waals surface area contributed by atoms with Gasteiger partial charge in [-0.05, 0) is 19.3 Å². The molecule has 15 heavy (non-hydrogen) atoms. The first-order valence-corrected chi connectivity index (χ1v) is 5.32. The van der Waals surface area contributed by atoms with Gasteiger partial charge in [0, 0.05) is 12.0 Å². The summed E-state index contributed by atoms with van der Waals surface area (Å²) in [6, 6.07) is 0. The average molecular weight is 215 g/mol. The molecule has 1 atom stereocenters.